The normalized spacial score (nSPS) is 28.1. The topological polar surface area (TPSA) is 67.4 Å². The standard InChI is InChI=1S/C14H21N5S/c15-10-11-6-2-1-3-9-13(11)20-14-16-17-18-19(14)12-7-4-5-8-12/h11-13H,1-9H2. The van der Waals surface area contributed by atoms with Gasteiger partial charge < -0.3 is 0 Å². The fourth-order valence-electron chi connectivity index (χ4n) is 3.34. The number of nitrogens with zero attached hydrogens (tertiary/aromatic N) is 5. The molecule has 2 saturated carbocycles. The minimum atomic E-state index is 0.149. The number of nitriles is 1. The maximum absolute atomic E-state index is 9.37. The van der Waals surface area contributed by atoms with Crippen molar-refractivity contribution in [2.24, 2.45) is 5.92 Å². The van der Waals surface area contributed by atoms with E-state index >= 15 is 0 Å². The van der Waals surface area contributed by atoms with Gasteiger partial charge in [0.25, 0.3) is 0 Å². The summed E-state index contributed by atoms with van der Waals surface area (Å²) < 4.78 is 2.01. The molecule has 2 aliphatic carbocycles. The van der Waals surface area contributed by atoms with Crippen LogP contribution in [0, 0.1) is 17.2 Å². The molecule has 1 heterocycles. The summed E-state index contributed by atoms with van der Waals surface area (Å²) in [4.78, 5) is 0. The zero-order valence-corrected chi connectivity index (χ0v) is 12.6. The fraction of sp³-hybridized carbons (Fsp3) is 0.857. The van der Waals surface area contributed by atoms with E-state index in [1.165, 1.54) is 44.9 Å². The molecule has 0 bridgehead atoms. The molecule has 20 heavy (non-hydrogen) atoms. The van der Waals surface area contributed by atoms with Crippen molar-refractivity contribution in [1.82, 2.24) is 20.2 Å². The van der Waals surface area contributed by atoms with Crippen molar-refractivity contribution in [2.45, 2.75) is 74.2 Å². The largest absolute Gasteiger partial charge is 0.217 e. The Morgan fingerprint density at radius 3 is 2.60 bits per heavy atom. The molecule has 5 nitrogen and oxygen atoms in total. The highest BCUT2D eigenvalue weighted by molar-refractivity contribution is 7.99. The van der Waals surface area contributed by atoms with Crippen molar-refractivity contribution in [1.29, 1.82) is 5.26 Å². The summed E-state index contributed by atoms with van der Waals surface area (Å²) in [6.45, 7) is 0. The second-order valence-electron chi connectivity index (χ2n) is 5.87. The van der Waals surface area contributed by atoms with Crippen LogP contribution in [0.15, 0.2) is 5.16 Å². The Hall–Kier alpha value is -1.09. The van der Waals surface area contributed by atoms with Crippen LogP contribution in [0.1, 0.15) is 63.8 Å². The minimum absolute atomic E-state index is 0.149. The van der Waals surface area contributed by atoms with E-state index in [1.54, 1.807) is 11.8 Å². The molecular weight excluding hydrogens is 270 g/mol. The maximum Gasteiger partial charge on any atom is 0.209 e. The van der Waals surface area contributed by atoms with E-state index in [-0.39, 0.29) is 5.92 Å². The first-order chi connectivity index (χ1) is 9.88. The molecule has 2 unspecified atom stereocenters. The van der Waals surface area contributed by atoms with Gasteiger partial charge in [0.1, 0.15) is 0 Å². The lowest BCUT2D eigenvalue weighted by Gasteiger charge is -2.19. The predicted octanol–water partition coefficient (Wildman–Crippen LogP) is 3.35. The molecule has 1 aromatic heterocycles. The Bertz CT molecular complexity index is 474. The SMILES string of the molecule is N#CC1CCCCCC1Sc1nnnn1C1CCCC1. The number of hydrogen-bond donors (Lipinski definition) is 0. The lowest BCUT2D eigenvalue weighted by Crippen LogP contribution is -2.16. The fourth-order valence-corrected chi connectivity index (χ4v) is 4.63. The number of aromatic nitrogens is 4. The Morgan fingerprint density at radius 1 is 1.05 bits per heavy atom. The zero-order chi connectivity index (χ0) is 13.8. The van der Waals surface area contributed by atoms with E-state index in [0.29, 0.717) is 11.3 Å². The smallest absolute Gasteiger partial charge is 0.209 e. The highest BCUT2D eigenvalue weighted by atomic mass is 32.2. The summed E-state index contributed by atoms with van der Waals surface area (Å²) in [6, 6.07) is 2.97. The number of rotatable bonds is 3. The van der Waals surface area contributed by atoms with Gasteiger partial charge in [0.15, 0.2) is 0 Å². The second-order valence-corrected chi connectivity index (χ2v) is 7.08. The van der Waals surface area contributed by atoms with Crippen LogP contribution in [-0.2, 0) is 0 Å². The van der Waals surface area contributed by atoms with Crippen LogP contribution in [-0.4, -0.2) is 25.5 Å². The van der Waals surface area contributed by atoms with Gasteiger partial charge in [0.05, 0.1) is 18.0 Å². The van der Waals surface area contributed by atoms with Crippen LogP contribution < -0.4 is 0 Å². The van der Waals surface area contributed by atoms with Crippen LogP contribution in [0.4, 0.5) is 0 Å². The van der Waals surface area contributed by atoms with Crippen molar-refractivity contribution in [3.8, 4) is 6.07 Å². The summed E-state index contributed by atoms with van der Waals surface area (Å²) in [5, 5.41) is 22.9. The Balaban J connectivity index is 1.73. The van der Waals surface area contributed by atoms with Gasteiger partial charge in [-0.15, -0.1) is 5.10 Å². The molecule has 0 N–H and O–H groups in total. The summed E-state index contributed by atoms with van der Waals surface area (Å²) in [5.41, 5.74) is 0. The molecule has 2 aliphatic rings. The van der Waals surface area contributed by atoms with E-state index < -0.39 is 0 Å². The second kappa shape index (κ2) is 6.57. The quantitative estimate of drug-likeness (QED) is 0.799. The lowest BCUT2D eigenvalue weighted by molar-refractivity contribution is 0.422. The van der Waals surface area contributed by atoms with Crippen molar-refractivity contribution in [3.63, 3.8) is 0 Å². The highest BCUT2D eigenvalue weighted by Gasteiger charge is 2.28. The molecule has 0 radical (unpaired) electrons. The van der Waals surface area contributed by atoms with Gasteiger partial charge >= 0.3 is 0 Å². The molecular formula is C14H21N5S. The summed E-state index contributed by atoms with van der Waals surface area (Å²) in [7, 11) is 0. The molecule has 2 atom stereocenters. The van der Waals surface area contributed by atoms with Gasteiger partial charge in [0, 0.05) is 5.25 Å². The summed E-state index contributed by atoms with van der Waals surface area (Å²) in [6.07, 6.45) is 10.7. The Labute approximate surface area is 124 Å². The molecule has 0 amide bonds. The van der Waals surface area contributed by atoms with Gasteiger partial charge in [-0.3, -0.25) is 0 Å². The maximum atomic E-state index is 9.37. The monoisotopic (exact) mass is 291 g/mol. The van der Waals surface area contributed by atoms with Gasteiger partial charge in [0.2, 0.25) is 5.16 Å². The molecule has 0 spiro atoms. The molecule has 0 saturated heterocycles. The molecule has 6 heteroatoms. The van der Waals surface area contributed by atoms with Gasteiger partial charge in [-0.1, -0.05) is 43.9 Å². The lowest BCUT2D eigenvalue weighted by atomic mass is 10.0. The summed E-state index contributed by atoms with van der Waals surface area (Å²) in [5.74, 6) is 0.149. The van der Waals surface area contributed by atoms with E-state index in [4.69, 9.17) is 0 Å². The van der Waals surface area contributed by atoms with Crippen LogP contribution in [0.2, 0.25) is 0 Å². The number of hydrogen-bond acceptors (Lipinski definition) is 5. The van der Waals surface area contributed by atoms with Gasteiger partial charge in [-0.05, 0) is 36.1 Å². The molecule has 0 aromatic carbocycles. The van der Waals surface area contributed by atoms with Crippen molar-refractivity contribution < 1.29 is 0 Å². The number of tetrazole rings is 1. The minimum Gasteiger partial charge on any atom is -0.217 e. The van der Waals surface area contributed by atoms with Crippen LogP contribution in [0.25, 0.3) is 0 Å². The van der Waals surface area contributed by atoms with E-state index in [2.05, 4.69) is 21.6 Å². The first kappa shape index (κ1) is 13.9. The number of thioether (sulfide) groups is 1. The predicted molar refractivity (Wildman–Crippen MR) is 77.2 cm³/mol. The first-order valence-corrected chi connectivity index (χ1v) is 8.60. The third kappa shape index (κ3) is 2.98. The zero-order valence-electron chi connectivity index (χ0n) is 11.7. The van der Waals surface area contributed by atoms with Crippen LogP contribution in [0.3, 0.4) is 0 Å². The Morgan fingerprint density at radius 2 is 1.80 bits per heavy atom. The van der Waals surface area contributed by atoms with Crippen molar-refractivity contribution in [2.75, 3.05) is 0 Å². The third-order valence-corrected chi connectivity index (χ3v) is 5.85. The Kier molecular flexibility index (Phi) is 4.56. The van der Waals surface area contributed by atoms with E-state index in [1.807, 2.05) is 4.68 Å². The third-order valence-electron chi connectivity index (χ3n) is 4.51. The molecule has 3 rings (SSSR count). The van der Waals surface area contributed by atoms with Crippen LogP contribution in [0.5, 0.6) is 0 Å². The summed E-state index contributed by atoms with van der Waals surface area (Å²) >= 11 is 1.74. The van der Waals surface area contributed by atoms with Gasteiger partial charge in [-0.25, -0.2) is 4.68 Å². The van der Waals surface area contributed by atoms with Crippen molar-refractivity contribution >= 4 is 11.8 Å². The van der Waals surface area contributed by atoms with E-state index in [9.17, 15) is 5.26 Å². The molecule has 1 aromatic rings. The van der Waals surface area contributed by atoms with Gasteiger partial charge in [-0.2, -0.15) is 5.26 Å². The average Bonchev–Trinajstić information content (AvgIpc) is 3.07. The first-order valence-electron chi connectivity index (χ1n) is 7.72. The molecule has 108 valence electrons. The average molecular weight is 291 g/mol. The van der Waals surface area contributed by atoms with Crippen LogP contribution >= 0.6 is 11.8 Å². The van der Waals surface area contributed by atoms with Crippen molar-refractivity contribution in [3.05, 3.63) is 0 Å². The highest BCUT2D eigenvalue weighted by Crippen LogP contribution is 2.37. The molecule has 0 aliphatic heterocycles. The molecule has 2 fully saturated rings. The van der Waals surface area contributed by atoms with E-state index in [0.717, 1.165) is 18.0 Å².